The van der Waals surface area contributed by atoms with Gasteiger partial charge in [-0.15, -0.1) is 0 Å². The Morgan fingerprint density at radius 1 is 1.00 bits per heavy atom. The fourth-order valence-electron chi connectivity index (χ4n) is 2.11. The van der Waals surface area contributed by atoms with Gasteiger partial charge in [0.15, 0.2) is 0 Å². The number of aromatic nitrogens is 1. The fourth-order valence-corrected chi connectivity index (χ4v) is 2.11. The molecule has 1 atom stereocenters. The van der Waals surface area contributed by atoms with Gasteiger partial charge in [-0.05, 0) is 28.8 Å². The summed E-state index contributed by atoms with van der Waals surface area (Å²) in [5.41, 5.74) is 3.74. The average Bonchev–Trinajstić information content (AvgIpc) is 3.02. The molecule has 4 nitrogen and oxygen atoms in total. The van der Waals surface area contributed by atoms with Crippen LogP contribution in [0.15, 0.2) is 53.9 Å². The molecule has 2 aromatic rings. The van der Waals surface area contributed by atoms with Crippen LogP contribution in [0.5, 0.6) is 0 Å². The van der Waals surface area contributed by atoms with Crippen LogP contribution < -0.4 is 0 Å². The molecular formula is C15H14N2O2. The fraction of sp³-hybridized carbons (Fsp3) is 0.200. The van der Waals surface area contributed by atoms with E-state index in [1.54, 1.807) is 12.4 Å². The van der Waals surface area contributed by atoms with Crippen LogP contribution in [-0.2, 0) is 4.84 Å². The third-order valence-corrected chi connectivity index (χ3v) is 3.19. The Hall–Kier alpha value is -2.20. The first-order valence-electron chi connectivity index (χ1n) is 6.22. The first kappa shape index (κ1) is 11.9. The molecule has 0 saturated heterocycles. The van der Waals surface area contributed by atoms with Gasteiger partial charge in [0.05, 0.1) is 5.71 Å². The Kier molecular flexibility index (Phi) is 3.25. The topological polar surface area (TPSA) is 54.7 Å². The van der Waals surface area contributed by atoms with Crippen LogP contribution in [0.25, 0.3) is 11.1 Å². The zero-order valence-electron chi connectivity index (χ0n) is 10.4. The summed E-state index contributed by atoms with van der Waals surface area (Å²) >= 11 is 0. The van der Waals surface area contributed by atoms with Gasteiger partial charge in [0.25, 0.3) is 0 Å². The van der Waals surface area contributed by atoms with Crippen LogP contribution >= 0.6 is 0 Å². The van der Waals surface area contributed by atoms with E-state index in [2.05, 4.69) is 10.1 Å². The summed E-state index contributed by atoms with van der Waals surface area (Å²) in [6, 6.07) is 11.7. The zero-order chi connectivity index (χ0) is 13.1. The van der Waals surface area contributed by atoms with Crippen LogP contribution in [0.1, 0.15) is 18.1 Å². The Balaban J connectivity index is 1.83. The van der Waals surface area contributed by atoms with E-state index in [9.17, 15) is 5.11 Å². The second kappa shape index (κ2) is 5.20. The molecule has 0 fully saturated rings. The molecule has 1 unspecified atom stereocenters. The van der Waals surface area contributed by atoms with Gasteiger partial charge in [-0.3, -0.25) is 4.98 Å². The number of hydrogen-bond acceptors (Lipinski definition) is 4. The highest BCUT2D eigenvalue weighted by Gasteiger charge is 2.19. The van der Waals surface area contributed by atoms with E-state index in [0.29, 0.717) is 18.7 Å². The maximum atomic E-state index is 10.2. The highest BCUT2D eigenvalue weighted by atomic mass is 16.6. The zero-order valence-corrected chi connectivity index (χ0v) is 10.4. The lowest BCUT2D eigenvalue weighted by Crippen LogP contribution is -2.09. The molecule has 4 heteroatoms. The summed E-state index contributed by atoms with van der Waals surface area (Å²) in [4.78, 5) is 8.91. The van der Waals surface area contributed by atoms with Crippen LogP contribution in [0.2, 0.25) is 0 Å². The summed E-state index contributed by atoms with van der Waals surface area (Å²) in [7, 11) is 0. The molecule has 0 bridgehead atoms. The lowest BCUT2D eigenvalue weighted by atomic mass is 10.00. The molecule has 0 amide bonds. The van der Waals surface area contributed by atoms with Crippen molar-refractivity contribution in [3.63, 3.8) is 0 Å². The van der Waals surface area contributed by atoms with E-state index in [0.717, 1.165) is 16.7 Å². The SMILES string of the molecule is OC(C1=NOCC1)c1ccc(-c2ccncc2)cc1. The van der Waals surface area contributed by atoms with Crippen molar-refractivity contribution in [3.05, 3.63) is 54.4 Å². The van der Waals surface area contributed by atoms with E-state index < -0.39 is 6.10 Å². The Bertz CT molecular complexity index is 579. The summed E-state index contributed by atoms with van der Waals surface area (Å²) in [6.45, 7) is 0.557. The molecule has 0 radical (unpaired) electrons. The van der Waals surface area contributed by atoms with Crippen molar-refractivity contribution in [1.29, 1.82) is 0 Å². The maximum absolute atomic E-state index is 10.2. The van der Waals surface area contributed by atoms with Crippen molar-refractivity contribution in [3.8, 4) is 11.1 Å². The van der Waals surface area contributed by atoms with E-state index in [4.69, 9.17) is 4.84 Å². The molecule has 2 heterocycles. The lowest BCUT2D eigenvalue weighted by Gasteiger charge is -2.10. The van der Waals surface area contributed by atoms with Crippen LogP contribution in [-0.4, -0.2) is 22.4 Å². The molecule has 0 saturated carbocycles. The van der Waals surface area contributed by atoms with Crippen molar-refractivity contribution < 1.29 is 9.94 Å². The van der Waals surface area contributed by atoms with Gasteiger partial charge in [0.2, 0.25) is 0 Å². The summed E-state index contributed by atoms with van der Waals surface area (Å²) in [5.74, 6) is 0. The van der Waals surface area contributed by atoms with Gasteiger partial charge >= 0.3 is 0 Å². The molecule has 1 aromatic heterocycles. The van der Waals surface area contributed by atoms with Crippen molar-refractivity contribution >= 4 is 5.71 Å². The standard InChI is InChI=1S/C15H14N2O2/c18-15(14-7-10-19-17-14)13-3-1-11(2-4-13)12-5-8-16-9-6-12/h1-6,8-9,15,18H,7,10H2. The number of aliphatic hydroxyl groups is 1. The molecular weight excluding hydrogens is 240 g/mol. The predicted octanol–water partition coefficient (Wildman–Crippen LogP) is 2.56. The molecule has 1 N–H and O–H groups in total. The molecule has 0 spiro atoms. The largest absolute Gasteiger partial charge is 0.395 e. The number of nitrogens with zero attached hydrogens (tertiary/aromatic N) is 2. The highest BCUT2D eigenvalue weighted by molar-refractivity contribution is 5.90. The highest BCUT2D eigenvalue weighted by Crippen LogP contribution is 2.23. The first-order valence-corrected chi connectivity index (χ1v) is 6.22. The number of hydrogen-bond donors (Lipinski definition) is 1. The summed E-state index contributed by atoms with van der Waals surface area (Å²) < 4.78 is 0. The predicted molar refractivity (Wildman–Crippen MR) is 72.6 cm³/mol. The van der Waals surface area contributed by atoms with Crippen LogP contribution in [0.4, 0.5) is 0 Å². The average molecular weight is 254 g/mol. The second-order valence-corrected chi connectivity index (χ2v) is 4.43. The lowest BCUT2D eigenvalue weighted by molar-refractivity contribution is 0.172. The molecule has 1 aliphatic heterocycles. The van der Waals surface area contributed by atoms with Gasteiger partial charge in [0, 0.05) is 18.8 Å². The number of rotatable bonds is 3. The van der Waals surface area contributed by atoms with Gasteiger partial charge in [0.1, 0.15) is 12.7 Å². The van der Waals surface area contributed by atoms with E-state index in [1.807, 2.05) is 36.4 Å². The van der Waals surface area contributed by atoms with E-state index in [1.165, 1.54) is 0 Å². The first-order chi connectivity index (χ1) is 9.34. The third-order valence-electron chi connectivity index (χ3n) is 3.19. The van der Waals surface area contributed by atoms with Gasteiger partial charge in [-0.25, -0.2) is 0 Å². The summed E-state index contributed by atoms with van der Waals surface area (Å²) in [5, 5.41) is 14.0. The van der Waals surface area contributed by atoms with Crippen molar-refractivity contribution in [2.45, 2.75) is 12.5 Å². The minimum absolute atomic E-state index is 0.557. The molecule has 1 aromatic carbocycles. The number of oxime groups is 1. The van der Waals surface area contributed by atoms with Gasteiger partial charge in [-0.2, -0.15) is 0 Å². The van der Waals surface area contributed by atoms with Crippen molar-refractivity contribution in [2.24, 2.45) is 5.16 Å². The van der Waals surface area contributed by atoms with E-state index >= 15 is 0 Å². The molecule has 0 aliphatic carbocycles. The van der Waals surface area contributed by atoms with Gasteiger partial charge in [-0.1, -0.05) is 29.4 Å². The summed E-state index contributed by atoms with van der Waals surface area (Å²) in [6.07, 6.45) is 3.55. The van der Waals surface area contributed by atoms with Crippen LogP contribution in [0.3, 0.4) is 0 Å². The molecule has 1 aliphatic rings. The Morgan fingerprint density at radius 3 is 2.32 bits per heavy atom. The normalized spacial score (nSPS) is 15.7. The smallest absolute Gasteiger partial charge is 0.122 e. The number of pyridine rings is 1. The maximum Gasteiger partial charge on any atom is 0.122 e. The molecule has 19 heavy (non-hydrogen) atoms. The quantitative estimate of drug-likeness (QED) is 0.915. The molecule has 96 valence electrons. The minimum atomic E-state index is -0.672. The molecule has 3 rings (SSSR count). The number of aliphatic hydroxyl groups excluding tert-OH is 1. The van der Waals surface area contributed by atoms with Crippen molar-refractivity contribution in [1.82, 2.24) is 4.98 Å². The third kappa shape index (κ3) is 2.48. The Morgan fingerprint density at radius 2 is 1.68 bits per heavy atom. The van der Waals surface area contributed by atoms with Crippen LogP contribution in [0, 0.1) is 0 Å². The minimum Gasteiger partial charge on any atom is -0.395 e. The number of benzene rings is 1. The second-order valence-electron chi connectivity index (χ2n) is 4.43. The van der Waals surface area contributed by atoms with Crippen molar-refractivity contribution in [2.75, 3.05) is 6.61 Å². The Labute approximate surface area is 111 Å². The van der Waals surface area contributed by atoms with E-state index in [-0.39, 0.29) is 0 Å². The monoisotopic (exact) mass is 254 g/mol. The van der Waals surface area contributed by atoms with Gasteiger partial charge < -0.3 is 9.94 Å².